The van der Waals surface area contributed by atoms with E-state index in [-0.39, 0.29) is 12.0 Å². The molecule has 6 nitrogen and oxygen atoms in total. The Hall–Kier alpha value is -1.43. The van der Waals surface area contributed by atoms with Gasteiger partial charge in [-0.05, 0) is 19.3 Å². The Kier molecular flexibility index (Phi) is 3.87. The van der Waals surface area contributed by atoms with Crippen LogP contribution in [0, 0.1) is 0 Å². The number of nitrogens with zero attached hydrogens (tertiary/aromatic N) is 2. The Morgan fingerprint density at radius 2 is 2.62 bits per heavy atom. The molecule has 0 saturated carbocycles. The number of aromatic amines is 1. The number of hydrogen-bond acceptors (Lipinski definition) is 4. The lowest BCUT2D eigenvalue weighted by atomic mass is 10.1. The van der Waals surface area contributed by atoms with Crippen molar-refractivity contribution in [3.8, 4) is 0 Å². The smallest absolute Gasteiger partial charge is 0.220 e. The average molecular weight is 224 g/mol. The maximum atomic E-state index is 11.5. The Morgan fingerprint density at radius 1 is 1.69 bits per heavy atom. The molecule has 6 heteroatoms. The third-order valence-corrected chi connectivity index (χ3v) is 2.64. The van der Waals surface area contributed by atoms with Crippen LogP contribution in [0.5, 0.6) is 0 Å². The zero-order valence-corrected chi connectivity index (χ0v) is 9.11. The minimum atomic E-state index is 0.0342. The van der Waals surface area contributed by atoms with Gasteiger partial charge in [0.2, 0.25) is 5.91 Å². The molecule has 1 amide bonds. The Balaban J connectivity index is 1.60. The second-order valence-electron chi connectivity index (χ2n) is 3.88. The Bertz CT molecular complexity index is 320. The van der Waals surface area contributed by atoms with Crippen LogP contribution in [0.1, 0.15) is 31.5 Å². The number of carbonyl (C=O) groups excluding carboxylic acids is 1. The van der Waals surface area contributed by atoms with E-state index < -0.39 is 0 Å². The van der Waals surface area contributed by atoms with Crippen molar-refractivity contribution in [2.24, 2.45) is 0 Å². The van der Waals surface area contributed by atoms with Gasteiger partial charge in [-0.25, -0.2) is 4.98 Å². The van der Waals surface area contributed by atoms with Crippen molar-refractivity contribution in [3.63, 3.8) is 0 Å². The summed E-state index contributed by atoms with van der Waals surface area (Å²) in [5, 5.41) is 9.17. The molecule has 1 aliphatic heterocycles. The third-order valence-electron chi connectivity index (χ3n) is 2.64. The van der Waals surface area contributed by atoms with Gasteiger partial charge in [0.05, 0.1) is 12.6 Å². The second-order valence-corrected chi connectivity index (χ2v) is 3.88. The summed E-state index contributed by atoms with van der Waals surface area (Å²) in [5.74, 6) is 0.706. The molecule has 1 saturated heterocycles. The van der Waals surface area contributed by atoms with E-state index in [1.807, 2.05) is 0 Å². The largest absolute Gasteiger partial charge is 0.378 e. The predicted molar refractivity (Wildman–Crippen MR) is 56.4 cm³/mol. The summed E-state index contributed by atoms with van der Waals surface area (Å²) in [7, 11) is 0. The summed E-state index contributed by atoms with van der Waals surface area (Å²) in [6, 6.07) is 0. The molecule has 0 radical (unpaired) electrons. The number of carbonyl (C=O) groups is 1. The van der Waals surface area contributed by atoms with E-state index in [2.05, 4.69) is 20.5 Å². The van der Waals surface area contributed by atoms with Gasteiger partial charge in [-0.1, -0.05) is 0 Å². The minimum Gasteiger partial charge on any atom is -0.378 e. The third kappa shape index (κ3) is 3.30. The highest BCUT2D eigenvalue weighted by atomic mass is 16.5. The van der Waals surface area contributed by atoms with Crippen LogP contribution in [0.25, 0.3) is 0 Å². The van der Waals surface area contributed by atoms with Crippen LogP contribution in [0.3, 0.4) is 0 Å². The molecule has 16 heavy (non-hydrogen) atoms. The molecule has 0 spiro atoms. The summed E-state index contributed by atoms with van der Waals surface area (Å²) in [6.07, 6.45) is 5.21. The van der Waals surface area contributed by atoms with Crippen molar-refractivity contribution >= 4 is 5.91 Å². The van der Waals surface area contributed by atoms with Gasteiger partial charge >= 0.3 is 0 Å². The van der Waals surface area contributed by atoms with Crippen LogP contribution in [0.15, 0.2) is 6.33 Å². The van der Waals surface area contributed by atoms with Crippen LogP contribution >= 0.6 is 0 Å². The molecule has 2 rings (SSSR count). The van der Waals surface area contributed by atoms with Crippen molar-refractivity contribution in [2.45, 2.75) is 38.3 Å². The number of aromatic nitrogens is 3. The first-order valence-electron chi connectivity index (χ1n) is 5.57. The van der Waals surface area contributed by atoms with Crippen LogP contribution < -0.4 is 5.32 Å². The highest BCUT2D eigenvalue weighted by Gasteiger charge is 2.16. The number of nitrogens with one attached hydrogen (secondary N) is 2. The Morgan fingerprint density at radius 3 is 3.31 bits per heavy atom. The molecular weight excluding hydrogens is 208 g/mol. The van der Waals surface area contributed by atoms with E-state index in [4.69, 9.17) is 4.74 Å². The van der Waals surface area contributed by atoms with Crippen LogP contribution in [0.4, 0.5) is 0 Å². The van der Waals surface area contributed by atoms with E-state index in [1.54, 1.807) is 0 Å². The van der Waals surface area contributed by atoms with Gasteiger partial charge in [0.1, 0.15) is 12.2 Å². The van der Waals surface area contributed by atoms with Crippen molar-refractivity contribution in [3.05, 3.63) is 12.2 Å². The predicted octanol–water partition coefficient (Wildman–Crippen LogP) is 0.380. The monoisotopic (exact) mass is 224 g/mol. The fourth-order valence-electron chi connectivity index (χ4n) is 1.75. The first-order valence-corrected chi connectivity index (χ1v) is 5.57. The van der Waals surface area contributed by atoms with Crippen LogP contribution in [-0.2, 0) is 16.1 Å². The van der Waals surface area contributed by atoms with Gasteiger partial charge in [0.15, 0.2) is 0 Å². The summed E-state index contributed by atoms with van der Waals surface area (Å²) in [6.45, 7) is 1.24. The normalized spacial score (nSPS) is 19.9. The molecule has 0 bridgehead atoms. The maximum Gasteiger partial charge on any atom is 0.220 e. The van der Waals surface area contributed by atoms with Gasteiger partial charge in [-0.15, -0.1) is 0 Å². The van der Waals surface area contributed by atoms with Gasteiger partial charge in [0, 0.05) is 13.0 Å². The highest BCUT2D eigenvalue weighted by molar-refractivity contribution is 5.75. The van der Waals surface area contributed by atoms with Crippen molar-refractivity contribution < 1.29 is 9.53 Å². The lowest BCUT2D eigenvalue weighted by molar-refractivity contribution is -0.121. The van der Waals surface area contributed by atoms with Crippen LogP contribution in [0.2, 0.25) is 0 Å². The molecule has 1 fully saturated rings. The van der Waals surface area contributed by atoms with Gasteiger partial charge in [-0.2, -0.15) is 5.10 Å². The van der Waals surface area contributed by atoms with Crippen molar-refractivity contribution in [1.29, 1.82) is 0 Å². The fraction of sp³-hybridized carbons (Fsp3) is 0.700. The zero-order valence-electron chi connectivity index (χ0n) is 9.11. The molecule has 1 atom stereocenters. The lowest BCUT2D eigenvalue weighted by Gasteiger charge is -2.08. The number of ether oxygens (including phenoxy) is 1. The Labute approximate surface area is 93.8 Å². The molecule has 1 unspecified atom stereocenters. The molecule has 0 aromatic carbocycles. The SMILES string of the molecule is O=C(CCC1CCCO1)NCc1ncn[nH]1. The summed E-state index contributed by atoms with van der Waals surface area (Å²) in [5.41, 5.74) is 0. The first kappa shape index (κ1) is 11.1. The van der Waals surface area contributed by atoms with Crippen molar-refractivity contribution in [1.82, 2.24) is 20.5 Å². The van der Waals surface area contributed by atoms with Gasteiger partial charge in [0.25, 0.3) is 0 Å². The molecule has 1 aromatic rings. The maximum absolute atomic E-state index is 11.5. The topological polar surface area (TPSA) is 79.9 Å². The number of rotatable bonds is 5. The minimum absolute atomic E-state index is 0.0342. The molecule has 88 valence electrons. The van der Waals surface area contributed by atoms with Gasteiger partial charge in [-0.3, -0.25) is 9.89 Å². The molecule has 0 aliphatic carbocycles. The molecule has 1 aliphatic rings. The van der Waals surface area contributed by atoms with E-state index in [0.717, 1.165) is 25.9 Å². The van der Waals surface area contributed by atoms with E-state index in [0.29, 0.717) is 18.8 Å². The number of amides is 1. The standard InChI is InChI=1S/C10H16N4O2/c15-10(4-3-8-2-1-5-16-8)11-6-9-12-7-13-14-9/h7-8H,1-6H2,(H,11,15)(H,12,13,14). The fourth-order valence-corrected chi connectivity index (χ4v) is 1.75. The summed E-state index contributed by atoms with van der Waals surface area (Å²) < 4.78 is 5.45. The van der Waals surface area contributed by atoms with Gasteiger partial charge < -0.3 is 10.1 Å². The van der Waals surface area contributed by atoms with Crippen molar-refractivity contribution in [2.75, 3.05) is 6.61 Å². The first-order chi connectivity index (χ1) is 7.84. The summed E-state index contributed by atoms with van der Waals surface area (Å²) >= 11 is 0. The highest BCUT2D eigenvalue weighted by Crippen LogP contribution is 2.16. The molecule has 2 N–H and O–H groups in total. The van der Waals surface area contributed by atoms with E-state index in [9.17, 15) is 4.79 Å². The molecule has 1 aromatic heterocycles. The van der Waals surface area contributed by atoms with Crippen LogP contribution in [-0.4, -0.2) is 33.8 Å². The molecular formula is C10H16N4O2. The quantitative estimate of drug-likeness (QED) is 0.757. The van der Waals surface area contributed by atoms with E-state index in [1.165, 1.54) is 6.33 Å². The number of hydrogen-bond donors (Lipinski definition) is 2. The van der Waals surface area contributed by atoms with E-state index >= 15 is 0 Å². The second kappa shape index (κ2) is 5.60. The summed E-state index contributed by atoms with van der Waals surface area (Å²) in [4.78, 5) is 15.4. The molecule has 2 heterocycles. The zero-order chi connectivity index (χ0) is 11.2. The lowest BCUT2D eigenvalue weighted by Crippen LogP contribution is -2.24. The number of H-pyrrole nitrogens is 1. The average Bonchev–Trinajstić information content (AvgIpc) is 2.96.